The van der Waals surface area contributed by atoms with Crippen molar-refractivity contribution in [1.29, 1.82) is 0 Å². The Kier molecular flexibility index (Phi) is 3.63. The minimum Gasteiger partial charge on any atom is -0.424 e. The van der Waals surface area contributed by atoms with Gasteiger partial charge in [-0.1, -0.05) is 12.1 Å². The molecule has 0 atom stereocenters. The Labute approximate surface area is 118 Å². The van der Waals surface area contributed by atoms with Crippen molar-refractivity contribution < 1.29 is 9.15 Å². The van der Waals surface area contributed by atoms with Gasteiger partial charge in [-0.05, 0) is 39.1 Å². The molecular formula is C15H21N3O2. The maximum absolute atomic E-state index is 5.71. The maximum Gasteiger partial charge on any atom is 0.295 e. The van der Waals surface area contributed by atoms with Crippen molar-refractivity contribution in [2.75, 3.05) is 39.2 Å². The fourth-order valence-corrected chi connectivity index (χ4v) is 2.72. The second-order valence-corrected chi connectivity index (χ2v) is 5.57. The molecule has 1 saturated heterocycles. The van der Waals surface area contributed by atoms with Crippen LogP contribution in [0.25, 0.3) is 11.1 Å². The largest absolute Gasteiger partial charge is 0.424 e. The van der Waals surface area contributed by atoms with Crippen LogP contribution in [-0.4, -0.2) is 49.3 Å². The molecule has 0 spiro atoms. The molecule has 2 heterocycles. The molecule has 108 valence electrons. The van der Waals surface area contributed by atoms with Crippen LogP contribution in [0, 0.1) is 0 Å². The number of hydrogen-bond acceptors (Lipinski definition) is 5. The molecule has 5 nitrogen and oxygen atoms in total. The summed E-state index contributed by atoms with van der Waals surface area (Å²) in [6, 6.07) is 8.41. The number of anilines is 1. The third-order valence-corrected chi connectivity index (χ3v) is 4.23. The van der Waals surface area contributed by atoms with Gasteiger partial charge in [0.15, 0.2) is 5.58 Å². The number of likely N-dealkylation sites (N-methyl/N-ethyl adjacent to an activating group) is 1. The van der Waals surface area contributed by atoms with Gasteiger partial charge in [0.1, 0.15) is 5.52 Å². The maximum atomic E-state index is 5.71. The number of fused-ring (bicyclic) bond motifs is 1. The van der Waals surface area contributed by atoms with Crippen molar-refractivity contribution >= 4 is 17.1 Å². The first-order chi connectivity index (χ1) is 9.70. The number of benzene rings is 1. The smallest absolute Gasteiger partial charge is 0.295 e. The van der Waals surface area contributed by atoms with Crippen molar-refractivity contribution in [3.63, 3.8) is 0 Å². The van der Waals surface area contributed by atoms with Crippen LogP contribution in [0.15, 0.2) is 28.7 Å². The van der Waals surface area contributed by atoms with E-state index in [9.17, 15) is 0 Å². The highest BCUT2D eigenvalue weighted by atomic mass is 16.5. The Morgan fingerprint density at radius 1 is 1.25 bits per heavy atom. The van der Waals surface area contributed by atoms with E-state index < -0.39 is 0 Å². The van der Waals surface area contributed by atoms with Gasteiger partial charge < -0.3 is 19.4 Å². The zero-order valence-electron chi connectivity index (χ0n) is 12.1. The molecule has 0 unspecified atom stereocenters. The molecule has 0 amide bonds. The normalized spacial score (nSPS) is 18.6. The van der Waals surface area contributed by atoms with E-state index >= 15 is 0 Å². The van der Waals surface area contributed by atoms with Crippen molar-refractivity contribution in [2.24, 2.45) is 0 Å². The van der Waals surface area contributed by atoms with Crippen LogP contribution >= 0.6 is 0 Å². The SMILES string of the molecule is CN(C)C1(CNc2nc3ccccc3o2)CCOCC1. The highest BCUT2D eigenvalue weighted by Gasteiger charge is 2.34. The summed E-state index contributed by atoms with van der Waals surface area (Å²) in [6.45, 7) is 2.44. The first-order valence-electron chi connectivity index (χ1n) is 7.04. The van der Waals surface area contributed by atoms with Crippen LogP contribution in [0.1, 0.15) is 12.8 Å². The van der Waals surface area contributed by atoms with Crippen molar-refractivity contribution in [3.8, 4) is 0 Å². The third kappa shape index (κ3) is 2.51. The lowest BCUT2D eigenvalue weighted by atomic mass is 9.88. The van der Waals surface area contributed by atoms with Crippen LogP contribution in [0.5, 0.6) is 0 Å². The van der Waals surface area contributed by atoms with E-state index in [1.807, 2.05) is 24.3 Å². The van der Waals surface area contributed by atoms with E-state index in [0.717, 1.165) is 43.7 Å². The number of aromatic nitrogens is 1. The van der Waals surface area contributed by atoms with Gasteiger partial charge in [-0.15, -0.1) is 0 Å². The Morgan fingerprint density at radius 3 is 2.70 bits per heavy atom. The second-order valence-electron chi connectivity index (χ2n) is 5.57. The molecule has 1 aromatic carbocycles. The molecule has 2 aromatic rings. The van der Waals surface area contributed by atoms with Gasteiger partial charge in [-0.3, -0.25) is 0 Å². The zero-order chi connectivity index (χ0) is 14.0. The van der Waals surface area contributed by atoms with Gasteiger partial charge in [-0.2, -0.15) is 4.98 Å². The Hall–Kier alpha value is -1.59. The van der Waals surface area contributed by atoms with E-state index in [1.165, 1.54) is 0 Å². The van der Waals surface area contributed by atoms with Gasteiger partial charge in [0, 0.05) is 25.3 Å². The standard InChI is InChI=1S/C15H21N3O2/c1-18(2)15(7-9-19-10-8-15)11-16-14-17-12-5-3-4-6-13(12)20-14/h3-6H,7-11H2,1-2H3,(H,16,17). The number of oxazole rings is 1. The second kappa shape index (κ2) is 5.42. The topological polar surface area (TPSA) is 50.5 Å². The van der Waals surface area contributed by atoms with Crippen molar-refractivity contribution in [1.82, 2.24) is 9.88 Å². The lowest BCUT2D eigenvalue weighted by Gasteiger charge is -2.42. The zero-order valence-corrected chi connectivity index (χ0v) is 12.1. The quantitative estimate of drug-likeness (QED) is 0.928. The highest BCUT2D eigenvalue weighted by Crippen LogP contribution is 2.27. The molecule has 3 rings (SSSR count). The van der Waals surface area contributed by atoms with Gasteiger partial charge in [0.2, 0.25) is 0 Å². The average Bonchev–Trinajstić information content (AvgIpc) is 2.89. The van der Waals surface area contributed by atoms with E-state index in [0.29, 0.717) is 6.01 Å². The van der Waals surface area contributed by atoms with E-state index in [4.69, 9.17) is 9.15 Å². The number of nitrogens with one attached hydrogen (secondary N) is 1. The van der Waals surface area contributed by atoms with Gasteiger partial charge >= 0.3 is 0 Å². The number of rotatable bonds is 4. The lowest BCUT2D eigenvalue weighted by Crippen LogP contribution is -2.53. The average molecular weight is 275 g/mol. The number of hydrogen-bond donors (Lipinski definition) is 1. The molecule has 20 heavy (non-hydrogen) atoms. The number of nitrogens with zero attached hydrogens (tertiary/aromatic N) is 2. The Balaban J connectivity index is 1.73. The molecule has 1 N–H and O–H groups in total. The van der Waals surface area contributed by atoms with Crippen LogP contribution in [-0.2, 0) is 4.74 Å². The fraction of sp³-hybridized carbons (Fsp3) is 0.533. The summed E-state index contributed by atoms with van der Waals surface area (Å²) in [7, 11) is 4.25. The van der Waals surface area contributed by atoms with Gasteiger partial charge in [0.25, 0.3) is 6.01 Å². The third-order valence-electron chi connectivity index (χ3n) is 4.23. The monoisotopic (exact) mass is 275 g/mol. The number of para-hydroxylation sites is 2. The van der Waals surface area contributed by atoms with Gasteiger partial charge in [0.05, 0.1) is 0 Å². The van der Waals surface area contributed by atoms with Crippen molar-refractivity contribution in [2.45, 2.75) is 18.4 Å². The fourth-order valence-electron chi connectivity index (χ4n) is 2.72. The molecule has 1 aliphatic rings. The molecule has 1 aromatic heterocycles. The first kappa shape index (κ1) is 13.4. The summed E-state index contributed by atoms with van der Waals surface area (Å²) in [4.78, 5) is 6.74. The first-order valence-corrected chi connectivity index (χ1v) is 7.04. The highest BCUT2D eigenvalue weighted by molar-refractivity contribution is 5.74. The van der Waals surface area contributed by atoms with Crippen LogP contribution in [0.2, 0.25) is 0 Å². The molecule has 1 aliphatic heterocycles. The van der Waals surface area contributed by atoms with Gasteiger partial charge in [-0.25, -0.2) is 0 Å². The minimum absolute atomic E-state index is 0.110. The molecule has 0 bridgehead atoms. The molecule has 5 heteroatoms. The summed E-state index contributed by atoms with van der Waals surface area (Å²) >= 11 is 0. The van der Waals surface area contributed by atoms with Crippen LogP contribution in [0.3, 0.4) is 0 Å². The summed E-state index contributed by atoms with van der Waals surface area (Å²) in [5, 5.41) is 3.35. The van der Waals surface area contributed by atoms with Crippen LogP contribution in [0.4, 0.5) is 6.01 Å². The summed E-state index contributed by atoms with van der Waals surface area (Å²) in [6.07, 6.45) is 2.04. The Morgan fingerprint density at radius 2 is 2.00 bits per heavy atom. The van der Waals surface area contributed by atoms with E-state index in [1.54, 1.807) is 0 Å². The van der Waals surface area contributed by atoms with Crippen LogP contribution < -0.4 is 5.32 Å². The molecule has 0 radical (unpaired) electrons. The summed E-state index contributed by atoms with van der Waals surface area (Å²) in [5.74, 6) is 0. The molecule has 0 aliphatic carbocycles. The van der Waals surface area contributed by atoms with E-state index in [-0.39, 0.29) is 5.54 Å². The predicted octanol–water partition coefficient (Wildman–Crippen LogP) is 2.35. The van der Waals surface area contributed by atoms with E-state index in [2.05, 4.69) is 29.3 Å². The minimum atomic E-state index is 0.110. The summed E-state index contributed by atoms with van der Waals surface area (Å²) < 4.78 is 11.2. The lowest BCUT2D eigenvalue weighted by molar-refractivity contribution is -0.000840. The van der Waals surface area contributed by atoms with Crippen molar-refractivity contribution in [3.05, 3.63) is 24.3 Å². The molecule has 0 saturated carbocycles. The molecule has 1 fully saturated rings. The number of ether oxygens (including phenoxy) is 1. The Bertz CT molecular complexity index is 540. The predicted molar refractivity (Wildman–Crippen MR) is 79.0 cm³/mol. The summed E-state index contributed by atoms with van der Waals surface area (Å²) in [5.41, 5.74) is 1.82. The molecular weight excluding hydrogens is 254 g/mol.